The van der Waals surface area contributed by atoms with Crippen LogP contribution in [0.4, 0.5) is 0 Å². The molecule has 0 saturated carbocycles. The number of rotatable bonds is 9. The first-order valence-corrected chi connectivity index (χ1v) is 6.67. The van der Waals surface area contributed by atoms with Gasteiger partial charge in [0.25, 0.3) is 0 Å². The second-order valence-electron chi connectivity index (χ2n) is 4.29. The first-order valence-electron chi connectivity index (χ1n) is 6.67. The summed E-state index contributed by atoms with van der Waals surface area (Å²) in [5.41, 5.74) is 0.994. The first kappa shape index (κ1) is 14.2. The van der Waals surface area contributed by atoms with E-state index in [1.165, 1.54) is 12.8 Å². The number of hydrogen-bond donors (Lipinski definition) is 1. The molecule has 17 heavy (non-hydrogen) atoms. The van der Waals surface area contributed by atoms with E-state index in [4.69, 9.17) is 4.52 Å². The van der Waals surface area contributed by atoms with Crippen molar-refractivity contribution >= 4 is 0 Å². The van der Waals surface area contributed by atoms with Crippen molar-refractivity contribution in [2.24, 2.45) is 0 Å². The van der Waals surface area contributed by atoms with Crippen LogP contribution in [0.2, 0.25) is 0 Å². The normalized spacial score (nSPS) is 11.3. The van der Waals surface area contributed by atoms with Crippen LogP contribution in [0.3, 0.4) is 0 Å². The van der Waals surface area contributed by atoms with Crippen LogP contribution in [0.5, 0.6) is 0 Å². The number of nitrogens with zero attached hydrogens (tertiary/aromatic N) is 2. The van der Waals surface area contributed by atoms with Gasteiger partial charge in [-0.3, -0.25) is 4.90 Å². The predicted molar refractivity (Wildman–Crippen MR) is 69.7 cm³/mol. The summed E-state index contributed by atoms with van der Waals surface area (Å²) in [7, 11) is 0. The third kappa shape index (κ3) is 5.33. The zero-order valence-corrected chi connectivity index (χ0v) is 11.3. The van der Waals surface area contributed by atoms with Crippen molar-refractivity contribution in [3.63, 3.8) is 0 Å². The Bertz CT molecular complexity index is 299. The van der Waals surface area contributed by atoms with Gasteiger partial charge in [-0.25, -0.2) is 0 Å². The van der Waals surface area contributed by atoms with Gasteiger partial charge in [0.1, 0.15) is 0 Å². The zero-order valence-electron chi connectivity index (χ0n) is 11.3. The number of aromatic nitrogens is 1. The van der Waals surface area contributed by atoms with Crippen LogP contribution in [0, 0.1) is 0 Å². The third-order valence-corrected chi connectivity index (χ3v) is 2.82. The molecule has 0 unspecified atom stereocenters. The standard InChI is InChI=1S/C13H25N3O/c1-4-7-8-16(6-3)11-13-9-12(15-17-13)10-14-5-2/h9,14H,4-8,10-11H2,1-3H3. The Balaban J connectivity index is 2.40. The van der Waals surface area contributed by atoms with E-state index in [9.17, 15) is 0 Å². The van der Waals surface area contributed by atoms with Crippen molar-refractivity contribution < 1.29 is 4.52 Å². The minimum Gasteiger partial charge on any atom is -0.360 e. The van der Waals surface area contributed by atoms with Crippen LogP contribution in [-0.2, 0) is 13.1 Å². The molecular weight excluding hydrogens is 214 g/mol. The molecule has 1 N–H and O–H groups in total. The van der Waals surface area contributed by atoms with E-state index < -0.39 is 0 Å². The molecule has 1 heterocycles. The molecule has 0 bridgehead atoms. The van der Waals surface area contributed by atoms with E-state index in [2.05, 4.69) is 42.2 Å². The fourth-order valence-corrected chi connectivity index (χ4v) is 1.72. The number of hydrogen-bond acceptors (Lipinski definition) is 4. The van der Waals surface area contributed by atoms with Crippen LogP contribution in [0.25, 0.3) is 0 Å². The van der Waals surface area contributed by atoms with Crippen molar-refractivity contribution in [3.8, 4) is 0 Å². The minimum absolute atomic E-state index is 0.793. The quantitative estimate of drug-likeness (QED) is 0.718. The molecule has 4 nitrogen and oxygen atoms in total. The number of unbranched alkanes of at least 4 members (excludes halogenated alkanes) is 1. The molecule has 0 aromatic carbocycles. The lowest BCUT2D eigenvalue weighted by Gasteiger charge is -2.17. The maximum absolute atomic E-state index is 5.34. The summed E-state index contributed by atoms with van der Waals surface area (Å²) in [6.07, 6.45) is 2.48. The summed E-state index contributed by atoms with van der Waals surface area (Å²) in [6.45, 7) is 11.3. The summed E-state index contributed by atoms with van der Waals surface area (Å²) in [5, 5.41) is 7.30. The van der Waals surface area contributed by atoms with Gasteiger partial charge in [-0.05, 0) is 26.1 Å². The topological polar surface area (TPSA) is 41.3 Å². The molecule has 0 aliphatic heterocycles. The molecule has 4 heteroatoms. The van der Waals surface area contributed by atoms with E-state index in [0.717, 1.165) is 44.2 Å². The molecule has 0 amide bonds. The summed E-state index contributed by atoms with van der Waals surface area (Å²) in [4.78, 5) is 2.39. The van der Waals surface area contributed by atoms with Crippen LogP contribution in [-0.4, -0.2) is 29.7 Å². The molecule has 1 aromatic rings. The summed E-state index contributed by atoms with van der Waals surface area (Å²) < 4.78 is 5.34. The van der Waals surface area contributed by atoms with Crippen LogP contribution >= 0.6 is 0 Å². The van der Waals surface area contributed by atoms with Gasteiger partial charge in [0.05, 0.1) is 12.2 Å². The smallest absolute Gasteiger partial charge is 0.151 e. The highest BCUT2D eigenvalue weighted by Gasteiger charge is 2.08. The fourth-order valence-electron chi connectivity index (χ4n) is 1.72. The molecule has 98 valence electrons. The lowest BCUT2D eigenvalue weighted by molar-refractivity contribution is 0.237. The molecule has 0 spiro atoms. The number of nitrogens with one attached hydrogen (secondary N) is 1. The van der Waals surface area contributed by atoms with E-state index in [-0.39, 0.29) is 0 Å². The Kier molecular flexibility index (Phi) is 6.89. The predicted octanol–water partition coefficient (Wildman–Crippen LogP) is 2.41. The highest BCUT2D eigenvalue weighted by atomic mass is 16.5. The highest BCUT2D eigenvalue weighted by Crippen LogP contribution is 2.08. The van der Waals surface area contributed by atoms with E-state index in [1.807, 2.05) is 0 Å². The lowest BCUT2D eigenvalue weighted by Crippen LogP contribution is -2.23. The van der Waals surface area contributed by atoms with Crippen molar-refractivity contribution in [1.29, 1.82) is 0 Å². The lowest BCUT2D eigenvalue weighted by atomic mass is 10.3. The van der Waals surface area contributed by atoms with Gasteiger partial charge in [0.15, 0.2) is 5.76 Å². The van der Waals surface area contributed by atoms with Crippen LogP contribution in [0.1, 0.15) is 45.1 Å². The Labute approximate surface area is 104 Å². The summed E-state index contributed by atoms with van der Waals surface area (Å²) in [5.74, 6) is 0.968. The molecule has 0 fully saturated rings. The first-order chi connectivity index (χ1) is 8.30. The van der Waals surface area contributed by atoms with Crippen molar-refractivity contribution in [1.82, 2.24) is 15.4 Å². The second-order valence-corrected chi connectivity index (χ2v) is 4.29. The summed E-state index contributed by atoms with van der Waals surface area (Å²) >= 11 is 0. The molecule has 1 rings (SSSR count). The third-order valence-electron chi connectivity index (χ3n) is 2.82. The maximum Gasteiger partial charge on any atom is 0.151 e. The average molecular weight is 239 g/mol. The largest absolute Gasteiger partial charge is 0.360 e. The molecule has 0 radical (unpaired) electrons. The monoisotopic (exact) mass is 239 g/mol. The Hall–Kier alpha value is -0.870. The van der Waals surface area contributed by atoms with Gasteiger partial charge in [-0.15, -0.1) is 0 Å². The van der Waals surface area contributed by atoms with E-state index in [1.54, 1.807) is 0 Å². The SMILES string of the molecule is CCCCN(CC)Cc1cc(CNCC)no1. The fraction of sp³-hybridized carbons (Fsp3) is 0.769. The van der Waals surface area contributed by atoms with Crippen LogP contribution < -0.4 is 5.32 Å². The molecule has 0 aliphatic carbocycles. The molecule has 0 aliphatic rings. The maximum atomic E-state index is 5.34. The van der Waals surface area contributed by atoms with Gasteiger partial charge >= 0.3 is 0 Å². The van der Waals surface area contributed by atoms with Gasteiger partial charge in [-0.2, -0.15) is 0 Å². The molecule has 0 atom stereocenters. The van der Waals surface area contributed by atoms with Gasteiger partial charge in [-0.1, -0.05) is 32.3 Å². The van der Waals surface area contributed by atoms with Gasteiger partial charge < -0.3 is 9.84 Å². The average Bonchev–Trinajstić information content (AvgIpc) is 2.79. The Morgan fingerprint density at radius 3 is 2.82 bits per heavy atom. The van der Waals surface area contributed by atoms with Gasteiger partial charge in [0.2, 0.25) is 0 Å². The summed E-state index contributed by atoms with van der Waals surface area (Å²) in [6, 6.07) is 2.05. The van der Waals surface area contributed by atoms with Crippen molar-refractivity contribution in [2.75, 3.05) is 19.6 Å². The van der Waals surface area contributed by atoms with E-state index >= 15 is 0 Å². The molecule has 0 saturated heterocycles. The highest BCUT2D eigenvalue weighted by molar-refractivity contribution is 5.05. The molecular formula is C13H25N3O. The second kappa shape index (κ2) is 8.25. The van der Waals surface area contributed by atoms with Crippen molar-refractivity contribution in [2.45, 2.75) is 46.7 Å². The molecule has 1 aromatic heterocycles. The Morgan fingerprint density at radius 1 is 1.35 bits per heavy atom. The minimum atomic E-state index is 0.793. The van der Waals surface area contributed by atoms with Gasteiger partial charge in [0, 0.05) is 12.6 Å². The zero-order chi connectivity index (χ0) is 12.5. The van der Waals surface area contributed by atoms with E-state index in [0.29, 0.717) is 0 Å². The van der Waals surface area contributed by atoms with Crippen LogP contribution in [0.15, 0.2) is 10.6 Å². The Morgan fingerprint density at radius 2 is 2.18 bits per heavy atom. The van der Waals surface area contributed by atoms with Crippen molar-refractivity contribution in [3.05, 3.63) is 17.5 Å².